The SMILES string of the molecule is O=C(NCc1ccccc1)c1cc2c3c(c1)C(c1ccccc1)CCN3CCC2c1ccccc1. The monoisotopic (exact) mass is 458 g/mol. The molecule has 2 unspecified atom stereocenters. The van der Waals surface area contributed by atoms with Crippen LogP contribution in [0.4, 0.5) is 5.69 Å². The fourth-order valence-electron chi connectivity index (χ4n) is 5.87. The molecule has 3 heteroatoms. The Morgan fingerprint density at radius 1 is 0.714 bits per heavy atom. The van der Waals surface area contributed by atoms with Crippen molar-refractivity contribution < 1.29 is 4.79 Å². The Labute approximate surface area is 207 Å². The van der Waals surface area contributed by atoms with E-state index in [9.17, 15) is 4.79 Å². The van der Waals surface area contributed by atoms with Crippen molar-refractivity contribution in [1.82, 2.24) is 5.32 Å². The average molecular weight is 459 g/mol. The van der Waals surface area contributed by atoms with E-state index in [1.807, 2.05) is 30.3 Å². The van der Waals surface area contributed by atoms with Gasteiger partial charge in [0.2, 0.25) is 0 Å². The normalized spacial score (nSPS) is 18.6. The molecule has 35 heavy (non-hydrogen) atoms. The van der Waals surface area contributed by atoms with Gasteiger partial charge in [0.25, 0.3) is 5.91 Å². The van der Waals surface area contributed by atoms with E-state index >= 15 is 0 Å². The molecular weight excluding hydrogens is 428 g/mol. The number of nitrogens with one attached hydrogen (secondary N) is 1. The summed E-state index contributed by atoms with van der Waals surface area (Å²) in [7, 11) is 0. The predicted octanol–water partition coefficient (Wildman–Crippen LogP) is 6.49. The molecule has 0 radical (unpaired) electrons. The van der Waals surface area contributed by atoms with E-state index in [0.29, 0.717) is 18.4 Å². The van der Waals surface area contributed by atoms with Crippen molar-refractivity contribution in [3.63, 3.8) is 0 Å². The molecule has 6 rings (SSSR count). The Bertz CT molecular complexity index is 1250. The van der Waals surface area contributed by atoms with Gasteiger partial charge >= 0.3 is 0 Å². The zero-order valence-electron chi connectivity index (χ0n) is 19.9. The zero-order chi connectivity index (χ0) is 23.6. The quantitative estimate of drug-likeness (QED) is 0.370. The maximum atomic E-state index is 13.4. The van der Waals surface area contributed by atoms with E-state index in [2.05, 4.69) is 83.0 Å². The Balaban J connectivity index is 1.44. The molecule has 0 saturated carbocycles. The molecule has 4 aromatic rings. The molecule has 4 aromatic carbocycles. The minimum absolute atomic E-state index is 0.00535. The van der Waals surface area contributed by atoms with E-state index in [1.165, 1.54) is 27.9 Å². The van der Waals surface area contributed by atoms with Crippen molar-refractivity contribution in [2.45, 2.75) is 31.2 Å². The number of amides is 1. The molecule has 0 aromatic heterocycles. The molecule has 0 aliphatic carbocycles. The maximum Gasteiger partial charge on any atom is 0.251 e. The van der Waals surface area contributed by atoms with Crippen LogP contribution >= 0.6 is 0 Å². The number of benzene rings is 4. The van der Waals surface area contributed by atoms with Crippen LogP contribution in [-0.2, 0) is 6.54 Å². The minimum Gasteiger partial charge on any atom is -0.371 e. The van der Waals surface area contributed by atoms with Gasteiger partial charge in [-0.1, -0.05) is 91.0 Å². The molecule has 0 saturated heterocycles. The smallest absolute Gasteiger partial charge is 0.251 e. The first-order valence-corrected chi connectivity index (χ1v) is 12.6. The first-order valence-electron chi connectivity index (χ1n) is 12.6. The van der Waals surface area contributed by atoms with Crippen LogP contribution in [0, 0.1) is 0 Å². The predicted molar refractivity (Wildman–Crippen MR) is 142 cm³/mol. The van der Waals surface area contributed by atoms with Gasteiger partial charge < -0.3 is 10.2 Å². The van der Waals surface area contributed by atoms with Crippen molar-refractivity contribution in [3.8, 4) is 0 Å². The Kier molecular flexibility index (Phi) is 5.83. The summed E-state index contributed by atoms with van der Waals surface area (Å²) < 4.78 is 0. The number of carbonyl (C=O) groups excluding carboxylic acids is 1. The second kappa shape index (κ2) is 9.42. The summed E-state index contributed by atoms with van der Waals surface area (Å²) >= 11 is 0. The maximum absolute atomic E-state index is 13.4. The molecule has 2 aliphatic heterocycles. The van der Waals surface area contributed by atoms with Gasteiger partial charge in [0.1, 0.15) is 0 Å². The van der Waals surface area contributed by atoms with Crippen LogP contribution in [0.5, 0.6) is 0 Å². The van der Waals surface area contributed by atoms with E-state index in [4.69, 9.17) is 0 Å². The van der Waals surface area contributed by atoms with E-state index in [-0.39, 0.29) is 5.91 Å². The summed E-state index contributed by atoms with van der Waals surface area (Å²) in [6.45, 7) is 2.64. The molecule has 0 spiro atoms. The third kappa shape index (κ3) is 4.23. The lowest BCUT2D eigenvalue weighted by atomic mass is 9.76. The number of hydrogen-bond acceptors (Lipinski definition) is 2. The highest BCUT2D eigenvalue weighted by atomic mass is 16.1. The Hall–Kier alpha value is -3.85. The summed E-state index contributed by atoms with van der Waals surface area (Å²) in [4.78, 5) is 16.0. The van der Waals surface area contributed by atoms with Crippen LogP contribution in [0.25, 0.3) is 0 Å². The van der Waals surface area contributed by atoms with Crippen LogP contribution in [0.2, 0.25) is 0 Å². The van der Waals surface area contributed by atoms with Gasteiger partial charge in [0.15, 0.2) is 0 Å². The van der Waals surface area contributed by atoms with Crippen LogP contribution in [0.15, 0.2) is 103 Å². The lowest BCUT2D eigenvalue weighted by Gasteiger charge is -2.43. The van der Waals surface area contributed by atoms with Crippen molar-refractivity contribution in [3.05, 3.63) is 137 Å². The molecule has 2 heterocycles. The highest BCUT2D eigenvalue weighted by molar-refractivity contribution is 5.96. The lowest BCUT2D eigenvalue weighted by molar-refractivity contribution is 0.0950. The average Bonchev–Trinajstić information content (AvgIpc) is 2.93. The molecule has 1 amide bonds. The number of hydrogen-bond donors (Lipinski definition) is 1. The third-order valence-electron chi connectivity index (χ3n) is 7.57. The first kappa shape index (κ1) is 21.7. The Morgan fingerprint density at radius 2 is 1.20 bits per heavy atom. The van der Waals surface area contributed by atoms with Crippen molar-refractivity contribution in [1.29, 1.82) is 0 Å². The van der Waals surface area contributed by atoms with Crippen molar-refractivity contribution in [2.24, 2.45) is 0 Å². The summed E-state index contributed by atoms with van der Waals surface area (Å²) in [6.07, 6.45) is 2.14. The van der Waals surface area contributed by atoms with Gasteiger partial charge in [-0.15, -0.1) is 0 Å². The summed E-state index contributed by atoms with van der Waals surface area (Å²) in [5.41, 5.74) is 8.48. The van der Waals surface area contributed by atoms with Crippen LogP contribution in [-0.4, -0.2) is 19.0 Å². The second-order valence-electron chi connectivity index (χ2n) is 9.66. The van der Waals surface area contributed by atoms with E-state index < -0.39 is 0 Å². The highest BCUT2D eigenvalue weighted by Gasteiger charge is 2.35. The zero-order valence-corrected chi connectivity index (χ0v) is 19.9. The summed E-state index contributed by atoms with van der Waals surface area (Å²) in [5.74, 6) is 0.601. The number of carbonyl (C=O) groups is 1. The van der Waals surface area contributed by atoms with Crippen LogP contribution in [0.1, 0.15) is 62.9 Å². The Morgan fingerprint density at radius 3 is 1.71 bits per heavy atom. The minimum atomic E-state index is -0.00535. The fourth-order valence-corrected chi connectivity index (χ4v) is 5.87. The molecule has 3 nitrogen and oxygen atoms in total. The van der Waals surface area contributed by atoms with Crippen LogP contribution in [0.3, 0.4) is 0 Å². The second-order valence-corrected chi connectivity index (χ2v) is 9.66. The van der Waals surface area contributed by atoms with Gasteiger partial charge in [-0.3, -0.25) is 4.79 Å². The number of rotatable bonds is 5. The molecular formula is C32H30N2O. The summed E-state index contributed by atoms with van der Waals surface area (Å²) in [5, 5.41) is 3.16. The molecule has 2 aliphatic rings. The van der Waals surface area contributed by atoms with Crippen LogP contribution < -0.4 is 10.2 Å². The largest absolute Gasteiger partial charge is 0.371 e. The van der Waals surface area contributed by atoms with Crippen molar-refractivity contribution in [2.75, 3.05) is 18.0 Å². The molecule has 0 bridgehead atoms. The van der Waals surface area contributed by atoms with Gasteiger partial charge in [-0.25, -0.2) is 0 Å². The molecule has 2 atom stereocenters. The fraction of sp³-hybridized carbons (Fsp3) is 0.219. The van der Waals surface area contributed by atoms with Gasteiger partial charge in [0, 0.05) is 42.7 Å². The summed E-state index contributed by atoms with van der Waals surface area (Å²) in [6, 6.07) is 36.0. The lowest BCUT2D eigenvalue weighted by Crippen LogP contribution is -2.38. The number of anilines is 1. The topological polar surface area (TPSA) is 32.3 Å². The van der Waals surface area contributed by atoms with Gasteiger partial charge in [0.05, 0.1) is 0 Å². The van der Waals surface area contributed by atoms with Crippen molar-refractivity contribution >= 4 is 11.6 Å². The molecule has 0 fully saturated rings. The third-order valence-corrected chi connectivity index (χ3v) is 7.57. The highest BCUT2D eigenvalue weighted by Crippen LogP contribution is 2.48. The van der Waals surface area contributed by atoms with Gasteiger partial charge in [-0.05, 0) is 52.8 Å². The molecule has 174 valence electrons. The van der Waals surface area contributed by atoms with Gasteiger partial charge in [-0.2, -0.15) is 0 Å². The van der Waals surface area contributed by atoms with E-state index in [0.717, 1.165) is 37.1 Å². The molecule has 1 N–H and O–H groups in total. The standard InChI is InChI=1S/C32H30N2O/c35-32(33-22-23-10-4-1-5-11-23)26-20-29-27(24-12-6-2-7-13-24)16-18-34-19-17-28(30(21-26)31(29)34)25-14-8-3-9-15-25/h1-15,20-21,27-28H,16-19,22H2,(H,33,35). The number of nitrogens with zero attached hydrogens (tertiary/aromatic N) is 1. The first-order chi connectivity index (χ1) is 17.3. The van der Waals surface area contributed by atoms with E-state index in [1.54, 1.807) is 0 Å².